The highest BCUT2D eigenvalue weighted by Gasteiger charge is 2.27. The van der Waals surface area contributed by atoms with Crippen LogP contribution in [-0.4, -0.2) is 23.9 Å². The van der Waals surface area contributed by atoms with Crippen LogP contribution in [-0.2, 0) is 0 Å². The van der Waals surface area contributed by atoms with Crippen LogP contribution in [0.1, 0.15) is 5.56 Å². The van der Waals surface area contributed by atoms with Crippen LogP contribution in [0, 0.1) is 17.0 Å². The third-order valence-corrected chi connectivity index (χ3v) is 2.18. The SMILES string of the molecule is Cc1ccc([N+](=O)[O-])c(NCC(F)(F)CN)c1. The molecule has 17 heavy (non-hydrogen) atoms. The summed E-state index contributed by atoms with van der Waals surface area (Å²) in [5.41, 5.74) is 5.46. The molecule has 0 fully saturated rings. The lowest BCUT2D eigenvalue weighted by Gasteiger charge is -2.15. The fraction of sp³-hybridized carbons (Fsp3) is 0.400. The third kappa shape index (κ3) is 3.63. The van der Waals surface area contributed by atoms with Crippen molar-refractivity contribution >= 4 is 11.4 Å². The van der Waals surface area contributed by atoms with Gasteiger partial charge in [0.2, 0.25) is 0 Å². The van der Waals surface area contributed by atoms with Gasteiger partial charge in [-0.3, -0.25) is 10.1 Å². The predicted octanol–water partition coefficient (Wildman–Crippen LogP) is 1.91. The second kappa shape index (κ2) is 5.05. The number of nitrogens with one attached hydrogen (secondary N) is 1. The minimum atomic E-state index is -3.09. The normalized spacial score (nSPS) is 11.3. The van der Waals surface area contributed by atoms with Crippen molar-refractivity contribution in [3.63, 3.8) is 0 Å². The Morgan fingerprint density at radius 3 is 2.71 bits per heavy atom. The Morgan fingerprint density at radius 2 is 2.18 bits per heavy atom. The van der Waals surface area contributed by atoms with E-state index < -0.39 is 23.9 Å². The second-order valence-electron chi connectivity index (χ2n) is 3.69. The Hall–Kier alpha value is -1.76. The number of hydrogen-bond donors (Lipinski definition) is 2. The first-order valence-electron chi connectivity index (χ1n) is 4.92. The van der Waals surface area contributed by atoms with Crippen molar-refractivity contribution in [2.24, 2.45) is 5.73 Å². The van der Waals surface area contributed by atoms with Crippen LogP contribution in [0.25, 0.3) is 0 Å². The fourth-order valence-corrected chi connectivity index (χ4v) is 1.25. The van der Waals surface area contributed by atoms with Gasteiger partial charge in [-0.2, -0.15) is 0 Å². The number of alkyl halides is 2. The molecule has 0 amide bonds. The van der Waals surface area contributed by atoms with E-state index in [1.54, 1.807) is 13.0 Å². The molecule has 0 bridgehead atoms. The zero-order chi connectivity index (χ0) is 13.1. The largest absolute Gasteiger partial charge is 0.373 e. The van der Waals surface area contributed by atoms with E-state index in [2.05, 4.69) is 5.32 Å². The van der Waals surface area contributed by atoms with Crippen molar-refractivity contribution in [1.29, 1.82) is 0 Å². The summed E-state index contributed by atoms with van der Waals surface area (Å²) in [7, 11) is 0. The van der Waals surface area contributed by atoms with Gasteiger partial charge in [0.1, 0.15) is 5.69 Å². The Kier molecular flexibility index (Phi) is 3.95. The van der Waals surface area contributed by atoms with Crippen LogP contribution in [0.3, 0.4) is 0 Å². The van der Waals surface area contributed by atoms with Crippen LogP contribution in [0.15, 0.2) is 18.2 Å². The smallest absolute Gasteiger partial charge is 0.292 e. The molecule has 0 saturated heterocycles. The molecule has 1 rings (SSSR count). The third-order valence-electron chi connectivity index (χ3n) is 2.18. The lowest BCUT2D eigenvalue weighted by Crippen LogP contribution is -2.35. The van der Waals surface area contributed by atoms with Crippen molar-refractivity contribution in [3.05, 3.63) is 33.9 Å². The highest BCUT2D eigenvalue weighted by molar-refractivity contribution is 5.62. The summed E-state index contributed by atoms with van der Waals surface area (Å²) >= 11 is 0. The first-order valence-corrected chi connectivity index (χ1v) is 4.92. The molecule has 0 aromatic heterocycles. The molecule has 0 aliphatic heterocycles. The van der Waals surface area contributed by atoms with Crippen LogP contribution in [0.5, 0.6) is 0 Å². The average Bonchev–Trinajstić information content (AvgIpc) is 2.26. The van der Waals surface area contributed by atoms with Gasteiger partial charge >= 0.3 is 0 Å². The number of nitrogens with zero attached hydrogens (tertiary/aromatic N) is 1. The summed E-state index contributed by atoms with van der Waals surface area (Å²) in [5.74, 6) is -3.09. The first-order chi connectivity index (χ1) is 7.85. The second-order valence-corrected chi connectivity index (χ2v) is 3.69. The maximum absolute atomic E-state index is 12.9. The molecule has 0 atom stereocenters. The molecule has 0 radical (unpaired) electrons. The molecule has 0 saturated carbocycles. The maximum atomic E-state index is 12.9. The minimum Gasteiger partial charge on any atom is -0.373 e. The number of rotatable bonds is 5. The number of nitro benzene ring substituents is 1. The molecule has 3 N–H and O–H groups in total. The molecule has 0 aliphatic carbocycles. The number of anilines is 1. The Morgan fingerprint density at radius 1 is 1.53 bits per heavy atom. The summed E-state index contributed by atoms with van der Waals surface area (Å²) < 4.78 is 25.8. The first kappa shape index (κ1) is 13.3. The van der Waals surface area contributed by atoms with E-state index in [0.717, 1.165) is 5.56 Å². The minimum absolute atomic E-state index is 0.0723. The summed E-state index contributed by atoms with van der Waals surface area (Å²) in [6.45, 7) is 0.184. The van der Waals surface area contributed by atoms with Gasteiger partial charge in [-0.1, -0.05) is 6.07 Å². The lowest BCUT2D eigenvalue weighted by atomic mass is 10.2. The quantitative estimate of drug-likeness (QED) is 0.613. The molecule has 7 heteroatoms. The van der Waals surface area contributed by atoms with E-state index in [4.69, 9.17) is 5.73 Å². The number of halogens is 2. The average molecular weight is 245 g/mol. The molecular formula is C10H13F2N3O2. The number of hydrogen-bond acceptors (Lipinski definition) is 4. The van der Waals surface area contributed by atoms with Crippen molar-refractivity contribution < 1.29 is 13.7 Å². The van der Waals surface area contributed by atoms with Gasteiger partial charge in [-0.15, -0.1) is 0 Å². The summed E-state index contributed by atoms with van der Waals surface area (Å²) in [5, 5.41) is 13.0. The van der Waals surface area contributed by atoms with Gasteiger partial charge in [0.15, 0.2) is 0 Å². The van der Waals surface area contributed by atoms with E-state index in [1.807, 2.05) is 0 Å². The van der Waals surface area contributed by atoms with Crippen LogP contribution >= 0.6 is 0 Å². The molecule has 1 aromatic carbocycles. The molecule has 94 valence electrons. The monoisotopic (exact) mass is 245 g/mol. The highest BCUT2D eigenvalue weighted by Crippen LogP contribution is 2.26. The molecule has 1 aromatic rings. The van der Waals surface area contributed by atoms with Crippen LogP contribution in [0.2, 0.25) is 0 Å². The number of aryl methyl sites for hydroxylation is 1. The summed E-state index contributed by atoms with van der Waals surface area (Å²) in [6, 6.07) is 4.27. The van der Waals surface area contributed by atoms with E-state index >= 15 is 0 Å². The van der Waals surface area contributed by atoms with E-state index in [-0.39, 0.29) is 11.4 Å². The van der Waals surface area contributed by atoms with Gasteiger partial charge in [-0.25, -0.2) is 8.78 Å². The topological polar surface area (TPSA) is 81.2 Å². The van der Waals surface area contributed by atoms with Crippen molar-refractivity contribution in [1.82, 2.24) is 0 Å². The van der Waals surface area contributed by atoms with Crippen molar-refractivity contribution in [2.75, 3.05) is 18.4 Å². The van der Waals surface area contributed by atoms with Gasteiger partial charge in [0.05, 0.1) is 18.0 Å². The van der Waals surface area contributed by atoms with Gasteiger partial charge < -0.3 is 11.1 Å². The number of nitro groups is 1. The van der Waals surface area contributed by atoms with Crippen molar-refractivity contribution in [2.45, 2.75) is 12.8 Å². The zero-order valence-electron chi connectivity index (χ0n) is 9.24. The Balaban J connectivity index is 2.89. The standard InChI is InChI=1S/C10H13F2N3O2/c1-7-2-3-9(15(16)17)8(4-7)14-6-10(11,12)5-13/h2-4,14H,5-6,13H2,1H3. The zero-order valence-corrected chi connectivity index (χ0v) is 9.24. The molecule has 5 nitrogen and oxygen atoms in total. The van der Waals surface area contributed by atoms with Gasteiger partial charge in [0.25, 0.3) is 11.6 Å². The van der Waals surface area contributed by atoms with Crippen molar-refractivity contribution in [3.8, 4) is 0 Å². The Bertz CT molecular complexity index is 424. The van der Waals surface area contributed by atoms with Crippen LogP contribution < -0.4 is 11.1 Å². The number of benzene rings is 1. The molecule has 0 unspecified atom stereocenters. The van der Waals surface area contributed by atoms with E-state index in [9.17, 15) is 18.9 Å². The lowest BCUT2D eigenvalue weighted by molar-refractivity contribution is -0.384. The molecule has 0 spiro atoms. The molecule has 0 aliphatic rings. The molecular weight excluding hydrogens is 232 g/mol. The van der Waals surface area contributed by atoms with E-state index in [0.29, 0.717) is 0 Å². The highest BCUT2D eigenvalue weighted by atomic mass is 19.3. The Labute approximate surface area is 96.8 Å². The summed E-state index contributed by atoms with van der Waals surface area (Å²) in [4.78, 5) is 10.1. The van der Waals surface area contributed by atoms with Gasteiger partial charge in [-0.05, 0) is 18.6 Å². The summed E-state index contributed by atoms with van der Waals surface area (Å²) in [6.07, 6.45) is 0. The number of nitrogens with two attached hydrogens (primary N) is 1. The predicted molar refractivity (Wildman–Crippen MR) is 60.3 cm³/mol. The maximum Gasteiger partial charge on any atom is 0.292 e. The van der Waals surface area contributed by atoms with Crippen LogP contribution in [0.4, 0.5) is 20.2 Å². The van der Waals surface area contributed by atoms with Gasteiger partial charge in [0, 0.05) is 6.07 Å². The fourth-order valence-electron chi connectivity index (χ4n) is 1.25. The molecule has 0 heterocycles. The van der Waals surface area contributed by atoms with E-state index in [1.165, 1.54) is 12.1 Å².